The predicted molar refractivity (Wildman–Crippen MR) is 81.3 cm³/mol. The van der Waals surface area contributed by atoms with Crippen molar-refractivity contribution in [2.24, 2.45) is 5.84 Å². The van der Waals surface area contributed by atoms with Gasteiger partial charge >= 0.3 is 0 Å². The number of phenolic OH excluding ortho intramolecular Hbond substituents is 1. The van der Waals surface area contributed by atoms with Crippen LogP contribution in [-0.4, -0.2) is 26.0 Å². The maximum atomic E-state index is 11.4. The van der Waals surface area contributed by atoms with E-state index in [-0.39, 0.29) is 18.1 Å². The Balaban J connectivity index is 2.10. The van der Waals surface area contributed by atoms with E-state index >= 15 is 0 Å². The zero-order valence-electron chi connectivity index (χ0n) is 11.9. The zero-order valence-corrected chi connectivity index (χ0v) is 11.9. The molecular formula is C15H15N5O2. The molecule has 3 rings (SSSR count). The first-order chi connectivity index (χ1) is 10.6. The first-order valence-electron chi connectivity index (χ1n) is 6.73. The van der Waals surface area contributed by atoms with Gasteiger partial charge in [0.2, 0.25) is 5.91 Å². The summed E-state index contributed by atoms with van der Waals surface area (Å²) in [5.41, 5.74) is 5.32. The second-order valence-electron chi connectivity index (χ2n) is 5.00. The van der Waals surface area contributed by atoms with Crippen LogP contribution in [0.2, 0.25) is 0 Å². The third kappa shape index (κ3) is 2.49. The summed E-state index contributed by atoms with van der Waals surface area (Å²) in [6, 6.07) is 10.8. The molecule has 1 aromatic heterocycles. The maximum Gasteiger partial charge on any atom is 0.238 e. The smallest absolute Gasteiger partial charge is 0.238 e. The Labute approximate surface area is 126 Å². The van der Waals surface area contributed by atoms with Crippen LogP contribution in [0.5, 0.6) is 5.75 Å². The van der Waals surface area contributed by atoms with Crippen LogP contribution in [0.4, 0.5) is 0 Å². The lowest BCUT2D eigenvalue weighted by Crippen LogP contribution is -2.31. The molecule has 1 amide bonds. The second kappa shape index (κ2) is 5.45. The SMILES string of the molecule is Cc1cc(CC(=O)NN)cc(-n2nc3ccccc3n2)c1O. The van der Waals surface area contributed by atoms with Crippen LogP contribution in [0.25, 0.3) is 16.7 Å². The number of fused-ring (bicyclic) bond motifs is 1. The number of nitrogens with one attached hydrogen (secondary N) is 1. The van der Waals surface area contributed by atoms with Gasteiger partial charge in [0.05, 0.1) is 6.42 Å². The molecule has 2 aromatic carbocycles. The van der Waals surface area contributed by atoms with E-state index in [2.05, 4.69) is 15.6 Å². The highest BCUT2D eigenvalue weighted by Crippen LogP contribution is 2.27. The van der Waals surface area contributed by atoms with E-state index in [0.29, 0.717) is 11.3 Å². The van der Waals surface area contributed by atoms with Gasteiger partial charge in [-0.25, -0.2) is 5.84 Å². The number of hydrogen-bond acceptors (Lipinski definition) is 5. The van der Waals surface area contributed by atoms with Crippen LogP contribution in [0.15, 0.2) is 36.4 Å². The highest BCUT2D eigenvalue weighted by Gasteiger charge is 2.13. The summed E-state index contributed by atoms with van der Waals surface area (Å²) in [6.07, 6.45) is 0.116. The Kier molecular flexibility index (Phi) is 3.48. The first-order valence-corrected chi connectivity index (χ1v) is 6.73. The van der Waals surface area contributed by atoms with E-state index in [0.717, 1.165) is 16.6 Å². The van der Waals surface area contributed by atoms with E-state index in [4.69, 9.17) is 5.84 Å². The molecule has 1 heterocycles. The van der Waals surface area contributed by atoms with E-state index in [1.807, 2.05) is 24.3 Å². The number of nitrogens with two attached hydrogens (primary N) is 1. The van der Waals surface area contributed by atoms with Gasteiger partial charge in [0.15, 0.2) is 0 Å². The van der Waals surface area contributed by atoms with Crippen molar-refractivity contribution in [2.45, 2.75) is 13.3 Å². The summed E-state index contributed by atoms with van der Waals surface area (Å²) in [6.45, 7) is 1.76. The lowest BCUT2D eigenvalue weighted by Gasteiger charge is -2.09. The minimum atomic E-state index is -0.311. The van der Waals surface area contributed by atoms with E-state index in [1.165, 1.54) is 4.80 Å². The lowest BCUT2D eigenvalue weighted by atomic mass is 10.1. The molecule has 0 spiro atoms. The molecule has 0 aliphatic rings. The Morgan fingerprint density at radius 1 is 1.27 bits per heavy atom. The van der Waals surface area contributed by atoms with Gasteiger partial charge in [0.25, 0.3) is 0 Å². The van der Waals surface area contributed by atoms with Crippen LogP contribution >= 0.6 is 0 Å². The standard InChI is InChI=1S/C15H15N5O2/c1-9-6-10(8-14(21)17-16)7-13(15(9)22)20-18-11-4-2-3-5-12(11)19-20/h2-7,22H,8,16H2,1H3,(H,17,21). The number of hydrazine groups is 1. The van der Waals surface area contributed by atoms with E-state index in [1.54, 1.807) is 19.1 Å². The minimum absolute atomic E-state index is 0.0808. The van der Waals surface area contributed by atoms with Gasteiger partial charge in [0.1, 0.15) is 22.5 Å². The van der Waals surface area contributed by atoms with Crippen LogP contribution in [0.3, 0.4) is 0 Å². The molecule has 0 radical (unpaired) electrons. The Bertz CT molecular complexity index is 823. The molecule has 0 aliphatic carbocycles. The third-order valence-electron chi connectivity index (χ3n) is 3.37. The number of aromatic hydroxyl groups is 1. The fraction of sp³-hybridized carbons (Fsp3) is 0.133. The molecule has 0 bridgehead atoms. The fourth-order valence-electron chi connectivity index (χ4n) is 2.29. The van der Waals surface area contributed by atoms with Gasteiger partial charge in [-0.1, -0.05) is 18.2 Å². The van der Waals surface area contributed by atoms with E-state index < -0.39 is 0 Å². The zero-order chi connectivity index (χ0) is 15.7. The van der Waals surface area contributed by atoms with Crippen LogP contribution < -0.4 is 11.3 Å². The largest absolute Gasteiger partial charge is 0.505 e. The molecule has 22 heavy (non-hydrogen) atoms. The van der Waals surface area contributed by atoms with Gasteiger partial charge in [-0.3, -0.25) is 10.2 Å². The van der Waals surface area contributed by atoms with Gasteiger partial charge in [0, 0.05) is 0 Å². The summed E-state index contributed by atoms with van der Waals surface area (Å²) >= 11 is 0. The van der Waals surface area contributed by atoms with Crippen molar-refractivity contribution in [3.63, 3.8) is 0 Å². The van der Waals surface area contributed by atoms with Crippen LogP contribution in [-0.2, 0) is 11.2 Å². The topological polar surface area (TPSA) is 106 Å². The van der Waals surface area contributed by atoms with Crippen molar-refractivity contribution in [3.05, 3.63) is 47.5 Å². The molecule has 112 valence electrons. The van der Waals surface area contributed by atoms with Gasteiger partial charge in [-0.15, -0.1) is 15.0 Å². The number of phenols is 1. The molecule has 4 N–H and O–H groups in total. The highest BCUT2D eigenvalue weighted by atomic mass is 16.3. The summed E-state index contributed by atoms with van der Waals surface area (Å²) < 4.78 is 0. The molecule has 3 aromatic rings. The Morgan fingerprint density at radius 2 is 1.91 bits per heavy atom. The summed E-state index contributed by atoms with van der Waals surface area (Å²) in [5, 5.41) is 19.0. The molecule has 0 fully saturated rings. The normalized spacial score (nSPS) is 10.8. The predicted octanol–water partition coefficient (Wildman–Crippen LogP) is 0.967. The number of rotatable bonds is 3. The Hall–Kier alpha value is -2.93. The van der Waals surface area contributed by atoms with Crippen molar-refractivity contribution >= 4 is 16.9 Å². The van der Waals surface area contributed by atoms with Gasteiger partial charge in [-0.2, -0.15) is 0 Å². The lowest BCUT2D eigenvalue weighted by molar-refractivity contribution is -0.120. The van der Waals surface area contributed by atoms with E-state index in [9.17, 15) is 9.90 Å². The average Bonchev–Trinajstić information content (AvgIpc) is 2.94. The average molecular weight is 297 g/mol. The van der Waals surface area contributed by atoms with Crippen LogP contribution in [0.1, 0.15) is 11.1 Å². The molecule has 0 aliphatic heterocycles. The number of aromatic nitrogens is 3. The number of aryl methyl sites for hydroxylation is 1. The van der Waals surface area contributed by atoms with Crippen LogP contribution in [0, 0.1) is 6.92 Å². The molecule has 0 saturated heterocycles. The number of benzene rings is 2. The first kappa shape index (κ1) is 14.0. The van der Waals surface area contributed by atoms with Crippen molar-refractivity contribution in [3.8, 4) is 11.4 Å². The second-order valence-corrected chi connectivity index (χ2v) is 5.00. The molecule has 0 atom stereocenters. The van der Waals surface area contributed by atoms with Crippen molar-refractivity contribution < 1.29 is 9.90 Å². The number of hydrogen-bond donors (Lipinski definition) is 3. The quantitative estimate of drug-likeness (QED) is 0.379. The summed E-state index contributed by atoms with van der Waals surface area (Å²) in [7, 11) is 0. The fourth-order valence-corrected chi connectivity index (χ4v) is 2.29. The third-order valence-corrected chi connectivity index (χ3v) is 3.37. The number of carbonyl (C=O) groups is 1. The summed E-state index contributed by atoms with van der Waals surface area (Å²) in [5.74, 6) is 4.88. The molecule has 7 nitrogen and oxygen atoms in total. The maximum absolute atomic E-state index is 11.4. The highest BCUT2D eigenvalue weighted by molar-refractivity contribution is 5.78. The monoisotopic (exact) mass is 297 g/mol. The van der Waals surface area contributed by atoms with Crippen molar-refractivity contribution in [1.29, 1.82) is 0 Å². The summed E-state index contributed by atoms with van der Waals surface area (Å²) in [4.78, 5) is 12.8. The molecular weight excluding hydrogens is 282 g/mol. The number of amides is 1. The molecule has 0 unspecified atom stereocenters. The molecule has 0 saturated carbocycles. The van der Waals surface area contributed by atoms with Gasteiger partial charge < -0.3 is 5.11 Å². The number of nitrogens with zero attached hydrogens (tertiary/aromatic N) is 3. The number of carbonyl (C=O) groups excluding carboxylic acids is 1. The minimum Gasteiger partial charge on any atom is -0.505 e. The van der Waals surface area contributed by atoms with Crippen molar-refractivity contribution in [2.75, 3.05) is 0 Å². The Morgan fingerprint density at radius 3 is 2.50 bits per heavy atom. The molecule has 7 heteroatoms. The van der Waals surface area contributed by atoms with Crippen molar-refractivity contribution in [1.82, 2.24) is 20.4 Å². The van der Waals surface area contributed by atoms with Gasteiger partial charge in [-0.05, 0) is 36.2 Å².